The van der Waals surface area contributed by atoms with Gasteiger partial charge < -0.3 is 4.90 Å². The number of guanidine groups is 1. The zero-order chi connectivity index (χ0) is 8.55. The fourth-order valence-electron chi connectivity index (χ4n) is 1.66. The monoisotopic (exact) mass is 167 g/mol. The van der Waals surface area contributed by atoms with E-state index in [-0.39, 0.29) is 5.91 Å². The molecule has 2 aliphatic rings. The van der Waals surface area contributed by atoms with Gasteiger partial charge in [-0.1, -0.05) is 0 Å². The lowest BCUT2D eigenvalue weighted by molar-refractivity contribution is -0.119. The molecule has 1 N–H and O–H groups in total. The first kappa shape index (κ1) is 7.58. The largest absolute Gasteiger partial charge is 0.340 e. The first-order valence-corrected chi connectivity index (χ1v) is 4.38. The zero-order valence-corrected chi connectivity index (χ0v) is 7.21. The molecule has 0 aromatic carbocycles. The van der Waals surface area contributed by atoms with Crippen molar-refractivity contribution >= 4 is 11.9 Å². The summed E-state index contributed by atoms with van der Waals surface area (Å²) in [6.45, 7) is 3.98. The Morgan fingerprint density at radius 1 is 1.67 bits per heavy atom. The summed E-state index contributed by atoms with van der Waals surface area (Å²) in [5.41, 5.74) is 0. The highest BCUT2D eigenvalue weighted by Crippen LogP contribution is 2.11. The quantitative estimate of drug-likeness (QED) is 0.550. The van der Waals surface area contributed by atoms with E-state index in [1.165, 1.54) is 0 Å². The van der Waals surface area contributed by atoms with Crippen LogP contribution < -0.4 is 5.32 Å². The third kappa shape index (κ3) is 1.29. The number of carbonyl (C=O) groups excluding carboxylic acids is 1. The second-order valence-corrected chi connectivity index (χ2v) is 3.40. The van der Waals surface area contributed by atoms with E-state index < -0.39 is 0 Å². The van der Waals surface area contributed by atoms with Crippen molar-refractivity contribution in [2.24, 2.45) is 4.99 Å². The van der Waals surface area contributed by atoms with Crippen LogP contribution in [0.25, 0.3) is 0 Å². The minimum absolute atomic E-state index is 0.102. The van der Waals surface area contributed by atoms with E-state index in [0.29, 0.717) is 12.5 Å². The number of carbonyl (C=O) groups is 1. The number of hydrogen-bond donors (Lipinski definition) is 1. The Morgan fingerprint density at radius 2 is 2.50 bits per heavy atom. The summed E-state index contributed by atoms with van der Waals surface area (Å²) in [7, 11) is 0. The molecule has 1 unspecified atom stereocenters. The highest BCUT2D eigenvalue weighted by atomic mass is 16.1. The first-order valence-electron chi connectivity index (χ1n) is 4.38. The molecule has 0 saturated carbocycles. The summed E-state index contributed by atoms with van der Waals surface area (Å²) in [5.74, 6) is 0.885. The molecule has 2 heterocycles. The molecule has 4 nitrogen and oxygen atoms in total. The maximum Gasteiger partial charge on any atom is 0.226 e. The van der Waals surface area contributed by atoms with Crippen LogP contribution in [0, 0.1) is 0 Å². The van der Waals surface area contributed by atoms with Crippen LogP contribution in [-0.2, 0) is 4.79 Å². The Hall–Kier alpha value is -1.06. The van der Waals surface area contributed by atoms with Crippen molar-refractivity contribution in [3.05, 3.63) is 0 Å². The number of fused-ring (bicyclic) bond motifs is 1. The summed E-state index contributed by atoms with van der Waals surface area (Å²) < 4.78 is 0. The molecule has 2 rings (SSSR count). The van der Waals surface area contributed by atoms with Crippen LogP contribution in [0.1, 0.15) is 19.8 Å². The van der Waals surface area contributed by atoms with E-state index in [4.69, 9.17) is 0 Å². The molecule has 4 heteroatoms. The number of nitrogens with zero attached hydrogens (tertiary/aromatic N) is 2. The van der Waals surface area contributed by atoms with Gasteiger partial charge in [-0.2, -0.15) is 0 Å². The molecule has 0 aliphatic carbocycles. The Bertz CT molecular complexity index is 236. The summed E-state index contributed by atoms with van der Waals surface area (Å²) >= 11 is 0. The Morgan fingerprint density at radius 3 is 3.33 bits per heavy atom. The Kier molecular flexibility index (Phi) is 1.75. The number of hydrogen-bond acceptors (Lipinski definition) is 3. The zero-order valence-electron chi connectivity index (χ0n) is 7.21. The topological polar surface area (TPSA) is 44.7 Å². The van der Waals surface area contributed by atoms with Gasteiger partial charge in [0.2, 0.25) is 11.9 Å². The number of amides is 1. The van der Waals surface area contributed by atoms with Crippen LogP contribution in [-0.4, -0.2) is 35.9 Å². The van der Waals surface area contributed by atoms with Crippen LogP contribution in [0.3, 0.4) is 0 Å². The summed E-state index contributed by atoms with van der Waals surface area (Å²) in [5, 5.41) is 2.81. The van der Waals surface area contributed by atoms with E-state index in [0.717, 1.165) is 25.5 Å². The standard InChI is InChI=1S/C8H13N3O/c1-6-5-11-4-2-3-7(12)10-8(11)9-6/h6H,2-5H2,1H3,(H,9,10,12). The van der Waals surface area contributed by atoms with E-state index in [2.05, 4.69) is 22.1 Å². The molecular formula is C8H13N3O. The lowest BCUT2D eigenvalue weighted by atomic mass is 10.3. The minimum atomic E-state index is 0.102. The molecule has 1 saturated heterocycles. The molecule has 0 radical (unpaired) electrons. The highest BCUT2D eigenvalue weighted by molar-refractivity contribution is 5.98. The van der Waals surface area contributed by atoms with Gasteiger partial charge in [0.1, 0.15) is 0 Å². The lowest BCUT2D eigenvalue weighted by Crippen LogP contribution is -2.38. The van der Waals surface area contributed by atoms with E-state index in [1.807, 2.05) is 0 Å². The molecule has 66 valence electrons. The lowest BCUT2D eigenvalue weighted by Gasteiger charge is -2.16. The molecular weight excluding hydrogens is 154 g/mol. The second kappa shape index (κ2) is 2.77. The predicted molar refractivity (Wildman–Crippen MR) is 45.8 cm³/mol. The maximum atomic E-state index is 11.1. The van der Waals surface area contributed by atoms with Gasteiger partial charge >= 0.3 is 0 Å². The third-order valence-electron chi connectivity index (χ3n) is 2.21. The van der Waals surface area contributed by atoms with Gasteiger partial charge in [-0.3, -0.25) is 10.1 Å². The molecule has 0 aromatic rings. The molecule has 0 bridgehead atoms. The summed E-state index contributed by atoms with van der Waals surface area (Å²) in [4.78, 5) is 17.6. The van der Waals surface area contributed by atoms with Crippen molar-refractivity contribution < 1.29 is 4.79 Å². The SMILES string of the molecule is CC1CN2CCCC(=O)NC2=N1. The molecule has 2 aliphatic heterocycles. The molecule has 1 fully saturated rings. The maximum absolute atomic E-state index is 11.1. The second-order valence-electron chi connectivity index (χ2n) is 3.40. The van der Waals surface area contributed by atoms with Crippen LogP contribution in [0.15, 0.2) is 4.99 Å². The van der Waals surface area contributed by atoms with Crippen molar-refractivity contribution in [1.29, 1.82) is 0 Å². The molecule has 0 spiro atoms. The van der Waals surface area contributed by atoms with Gasteiger partial charge in [0, 0.05) is 19.5 Å². The van der Waals surface area contributed by atoms with Crippen LogP contribution in [0.2, 0.25) is 0 Å². The van der Waals surface area contributed by atoms with Gasteiger partial charge in [0.25, 0.3) is 0 Å². The number of aliphatic imine (C=N–C) groups is 1. The van der Waals surface area contributed by atoms with Gasteiger partial charge in [-0.05, 0) is 13.3 Å². The average Bonchev–Trinajstić information content (AvgIpc) is 2.23. The van der Waals surface area contributed by atoms with Gasteiger partial charge in [0.15, 0.2) is 0 Å². The minimum Gasteiger partial charge on any atom is -0.340 e. The fourth-order valence-corrected chi connectivity index (χ4v) is 1.66. The molecule has 1 atom stereocenters. The van der Waals surface area contributed by atoms with E-state index >= 15 is 0 Å². The van der Waals surface area contributed by atoms with E-state index in [1.54, 1.807) is 0 Å². The number of nitrogens with one attached hydrogen (secondary N) is 1. The first-order chi connectivity index (χ1) is 5.75. The van der Waals surface area contributed by atoms with Gasteiger partial charge in [0.05, 0.1) is 6.04 Å². The highest BCUT2D eigenvalue weighted by Gasteiger charge is 2.25. The van der Waals surface area contributed by atoms with Crippen molar-refractivity contribution in [3.63, 3.8) is 0 Å². The van der Waals surface area contributed by atoms with Gasteiger partial charge in [-0.25, -0.2) is 4.99 Å². The van der Waals surface area contributed by atoms with Crippen molar-refractivity contribution in [2.75, 3.05) is 13.1 Å². The summed E-state index contributed by atoms with van der Waals surface area (Å²) in [6.07, 6.45) is 1.57. The molecule has 1 amide bonds. The van der Waals surface area contributed by atoms with Crippen LogP contribution in [0.5, 0.6) is 0 Å². The molecule has 0 aromatic heterocycles. The smallest absolute Gasteiger partial charge is 0.226 e. The van der Waals surface area contributed by atoms with Crippen molar-refractivity contribution in [3.8, 4) is 0 Å². The van der Waals surface area contributed by atoms with Crippen molar-refractivity contribution in [2.45, 2.75) is 25.8 Å². The predicted octanol–water partition coefficient (Wildman–Crippen LogP) is -0.0435. The molecule has 12 heavy (non-hydrogen) atoms. The third-order valence-corrected chi connectivity index (χ3v) is 2.21. The van der Waals surface area contributed by atoms with E-state index in [9.17, 15) is 4.79 Å². The Labute approximate surface area is 71.6 Å². The fraction of sp³-hybridized carbons (Fsp3) is 0.750. The normalized spacial score (nSPS) is 29.1. The van der Waals surface area contributed by atoms with Crippen molar-refractivity contribution in [1.82, 2.24) is 10.2 Å². The van der Waals surface area contributed by atoms with Crippen LogP contribution >= 0.6 is 0 Å². The Balaban J connectivity index is 2.15. The van der Waals surface area contributed by atoms with Crippen LogP contribution in [0.4, 0.5) is 0 Å². The number of rotatable bonds is 0. The average molecular weight is 167 g/mol. The van der Waals surface area contributed by atoms with Gasteiger partial charge in [-0.15, -0.1) is 0 Å². The summed E-state index contributed by atoms with van der Waals surface area (Å²) in [6, 6.07) is 0.332.